The summed E-state index contributed by atoms with van der Waals surface area (Å²) < 4.78 is 4.91. The summed E-state index contributed by atoms with van der Waals surface area (Å²) in [6.45, 7) is 0. The number of methoxy groups -OCH3 is 1. The summed E-state index contributed by atoms with van der Waals surface area (Å²) in [7, 11) is 1.38. The standard InChI is InChI=1S/C12H11N5O5S/c1-22-7-2-3-8(9(4-7)17(20)21)14-11(19)6-23-12-15-10(18)5-13-16-12/h2-5H,6H2,1H3,(H,14,19)(H,15,16,18). The number of nitro groups is 1. The third-order valence-electron chi connectivity index (χ3n) is 2.57. The minimum Gasteiger partial charge on any atom is -0.496 e. The molecular weight excluding hydrogens is 326 g/mol. The van der Waals surface area contributed by atoms with Gasteiger partial charge in [0.25, 0.3) is 11.2 Å². The monoisotopic (exact) mass is 337 g/mol. The molecule has 0 aliphatic heterocycles. The molecule has 0 spiro atoms. The molecule has 0 aliphatic rings. The van der Waals surface area contributed by atoms with Crippen LogP contribution >= 0.6 is 11.8 Å². The van der Waals surface area contributed by atoms with E-state index in [4.69, 9.17) is 4.74 Å². The third-order valence-corrected chi connectivity index (χ3v) is 3.43. The van der Waals surface area contributed by atoms with Crippen LogP contribution < -0.4 is 15.6 Å². The molecule has 120 valence electrons. The van der Waals surface area contributed by atoms with Crippen LogP contribution in [0, 0.1) is 10.1 Å². The molecule has 0 aliphatic carbocycles. The highest BCUT2D eigenvalue weighted by Gasteiger charge is 2.17. The summed E-state index contributed by atoms with van der Waals surface area (Å²) in [5, 5.41) is 20.7. The van der Waals surface area contributed by atoms with E-state index >= 15 is 0 Å². The van der Waals surface area contributed by atoms with E-state index in [1.807, 2.05) is 0 Å². The Hall–Kier alpha value is -2.95. The fraction of sp³-hybridized carbons (Fsp3) is 0.167. The predicted octanol–water partition coefficient (Wildman–Crippen LogP) is 0.812. The Morgan fingerprint density at radius 1 is 1.52 bits per heavy atom. The van der Waals surface area contributed by atoms with Crippen LogP contribution in [0.1, 0.15) is 0 Å². The van der Waals surface area contributed by atoms with Crippen molar-refractivity contribution in [3.8, 4) is 5.75 Å². The lowest BCUT2D eigenvalue weighted by Gasteiger charge is -2.07. The fourth-order valence-corrected chi connectivity index (χ4v) is 2.19. The first kappa shape index (κ1) is 16.4. The third kappa shape index (κ3) is 4.51. The molecule has 1 amide bonds. The highest BCUT2D eigenvalue weighted by atomic mass is 32.2. The number of ether oxygens (including phenoxy) is 1. The molecular formula is C12H11N5O5S. The number of aromatic nitrogens is 3. The number of hydrogen-bond acceptors (Lipinski definition) is 8. The van der Waals surface area contributed by atoms with Crippen molar-refractivity contribution in [2.75, 3.05) is 18.2 Å². The largest absolute Gasteiger partial charge is 0.496 e. The van der Waals surface area contributed by atoms with Crippen molar-refractivity contribution in [2.24, 2.45) is 0 Å². The summed E-state index contributed by atoms with van der Waals surface area (Å²) >= 11 is 0.948. The zero-order chi connectivity index (χ0) is 16.8. The number of rotatable bonds is 6. The van der Waals surface area contributed by atoms with Crippen LogP contribution in [-0.2, 0) is 4.79 Å². The van der Waals surface area contributed by atoms with Gasteiger partial charge < -0.3 is 10.1 Å². The SMILES string of the molecule is COc1ccc(NC(=O)CSc2nncc(=O)[nH]2)c([N+](=O)[O-])c1. The van der Waals surface area contributed by atoms with E-state index in [0.717, 1.165) is 18.0 Å². The maximum Gasteiger partial charge on any atom is 0.296 e. The van der Waals surface area contributed by atoms with Crippen LogP contribution in [-0.4, -0.2) is 38.9 Å². The first-order valence-electron chi connectivity index (χ1n) is 6.16. The topological polar surface area (TPSA) is 140 Å². The van der Waals surface area contributed by atoms with Gasteiger partial charge in [0.05, 0.1) is 23.9 Å². The van der Waals surface area contributed by atoms with Crippen LogP contribution in [0.3, 0.4) is 0 Å². The first-order valence-corrected chi connectivity index (χ1v) is 7.15. The number of thioether (sulfide) groups is 1. The zero-order valence-electron chi connectivity index (χ0n) is 11.8. The van der Waals surface area contributed by atoms with E-state index in [2.05, 4.69) is 20.5 Å². The maximum absolute atomic E-state index is 11.9. The molecule has 10 nitrogen and oxygen atoms in total. The van der Waals surface area contributed by atoms with E-state index in [1.165, 1.54) is 25.3 Å². The van der Waals surface area contributed by atoms with Crippen LogP contribution in [0.4, 0.5) is 11.4 Å². The molecule has 0 fully saturated rings. The van der Waals surface area contributed by atoms with Gasteiger partial charge in [0.1, 0.15) is 17.6 Å². The summed E-state index contributed by atoms with van der Waals surface area (Å²) in [5.41, 5.74) is -0.668. The normalized spacial score (nSPS) is 10.1. The lowest BCUT2D eigenvalue weighted by Crippen LogP contribution is -2.16. The molecule has 1 aromatic heterocycles. The molecule has 2 rings (SSSR count). The molecule has 0 atom stereocenters. The molecule has 1 aromatic carbocycles. The van der Waals surface area contributed by atoms with E-state index in [0.29, 0.717) is 5.75 Å². The highest BCUT2D eigenvalue weighted by Crippen LogP contribution is 2.29. The van der Waals surface area contributed by atoms with Gasteiger partial charge in [0.2, 0.25) is 5.91 Å². The number of nitro benzene ring substituents is 1. The molecule has 0 bridgehead atoms. The van der Waals surface area contributed by atoms with Crippen molar-refractivity contribution in [1.29, 1.82) is 0 Å². The number of carbonyl (C=O) groups is 1. The number of hydrogen-bond donors (Lipinski definition) is 2. The number of nitrogens with one attached hydrogen (secondary N) is 2. The molecule has 23 heavy (non-hydrogen) atoms. The van der Waals surface area contributed by atoms with Gasteiger partial charge in [-0.1, -0.05) is 11.8 Å². The minimum atomic E-state index is -0.620. The Bertz CT molecular complexity index is 793. The zero-order valence-corrected chi connectivity index (χ0v) is 12.6. The molecule has 1 heterocycles. The van der Waals surface area contributed by atoms with Crippen molar-refractivity contribution >= 4 is 29.0 Å². The molecule has 0 saturated carbocycles. The second-order valence-electron chi connectivity index (χ2n) is 4.12. The Morgan fingerprint density at radius 3 is 2.96 bits per heavy atom. The van der Waals surface area contributed by atoms with Gasteiger partial charge in [-0.3, -0.25) is 24.7 Å². The van der Waals surface area contributed by atoms with Gasteiger partial charge in [0, 0.05) is 0 Å². The van der Waals surface area contributed by atoms with Gasteiger partial charge in [0.15, 0.2) is 5.16 Å². The van der Waals surface area contributed by atoms with Gasteiger partial charge in [-0.2, -0.15) is 5.10 Å². The second-order valence-corrected chi connectivity index (χ2v) is 5.08. The Morgan fingerprint density at radius 2 is 2.30 bits per heavy atom. The quantitative estimate of drug-likeness (QED) is 0.448. The Balaban J connectivity index is 2.05. The number of carbonyl (C=O) groups excluding carboxylic acids is 1. The summed E-state index contributed by atoms with van der Waals surface area (Å²) in [4.78, 5) is 35.7. The smallest absolute Gasteiger partial charge is 0.296 e. The van der Waals surface area contributed by atoms with E-state index < -0.39 is 16.4 Å². The van der Waals surface area contributed by atoms with Gasteiger partial charge in [-0.25, -0.2) is 0 Å². The number of anilines is 1. The van der Waals surface area contributed by atoms with Crippen LogP contribution in [0.15, 0.2) is 34.3 Å². The number of benzene rings is 1. The van der Waals surface area contributed by atoms with Crippen LogP contribution in [0.2, 0.25) is 0 Å². The summed E-state index contributed by atoms with van der Waals surface area (Å²) in [6, 6.07) is 4.09. The number of aromatic amines is 1. The van der Waals surface area contributed by atoms with Gasteiger partial charge in [-0.05, 0) is 12.1 Å². The lowest BCUT2D eigenvalue weighted by atomic mass is 10.2. The van der Waals surface area contributed by atoms with Crippen LogP contribution in [0.25, 0.3) is 0 Å². The summed E-state index contributed by atoms with van der Waals surface area (Å²) in [5.74, 6) is -0.284. The predicted molar refractivity (Wildman–Crippen MR) is 81.7 cm³/mol. The molecule has 0 radical (unpaired) electrons. The molecule has 2 N–H and O–H groups in total. The molecule has 11 heteroatoms. The average molecular weight is 337 g/mol. The van der Waals surface area contributed by atoms with Crippen molar-refractivity contribution in [3.63, 3.8) is 0 Å². The lowest BCUT2D eigenvalue weighted by molar-refractivity contribution is -0.384. The fourth-order valence-electron chi connectivity index (χ4n) is 1.58. The average Bonchev–Trinajstić information content (AvgIpc) is 2.53. The number of H-pyrrole nitrogens is 1. The number of amides is 1. The van der Waals surface area contributed by atoms with Gasteiger partial charge in [-0.15, -0.1) is 5.10 Å². The highest BCUT2D eigenvalue weighted by molar-refractivity contribution is 7.99. The van der Waals surface area contributed by atoms with E-state index in [9.17, 15) is 19.7 Å². The summed E-state index contributed by atoms with van der Waals surface area (Å²) in [6.07, 6.45) is 1.00. The minimum absolute atomic E-state index is 0.0500. The van der Waals surface area contributed by atoms with E-state index in [-0.39, 0.29) is 22.3 Å². The van der Waals surface area contributed by atoms with Crippen LogP contribution in [0.5, 0.6) is 5.75 Å². The Kier molecular flexibility index (Phi) is 5.25. The van der Waals surface area contributed by atoms with Crippen molar-refractivity contribution in [3.05, 3.63) is 44.9 Å². The van der Waals surface area contributed by atoms with Crippen molar-refractivity contribution in [1.82, 2.24) is 15.2 Å². The second kappa shape index (κ2) is 7.35. The number of nitrogens with zero attached hydrogens (tertiary/aromatic N) is 3. The van der Waals surface area contributed by atoms with E-state index in [1.54, 1.807) is 0 Å². The molecule has 0 saturated heterocycles. The maximum atomic E-state index is 11.9. The van der Waals surface area contributed by atoms with Crippen molar-refractivity contribution < 1.29 is 14.5 Å². The van der Waals surface area contributed by atoms with Crippen molar-refractivity contribution in [2.45, 2.75) is 5.16 Å². The van der Waals surface area contributed by atoms with Gasteiger partial charge >= 0.3 is 0 Å². The molecule has 2 aromatic rings. The molecule has 0 unspecified atom stereocenters. The first-order chi connectivity index (χ1) is 11.0. The Labute approximate surface area is 133 Å².